The normalized spacial score (nSPS) is 12.3. The van der Waals surface area contributed by atoms with E-state index in [2.05, 4.69) is 4.72 Å². The fourth-order valence-corrected chi connectivity index (χ4v) is 4.82. The van der Waals surface area contributed by atoms with Gasteiger partial charge in [-0.25, -0.2) is 16.8 Å². The number of hydrogen-bond donors (Lipinski definition) is 1. The topological polar surface area (TPSA) is 83.6 Å². The molecule has 0 spiro atoms. The molecule has 0 bridgehead atoms. The molecule has 0 amide bonds. The lowest BCUT2D eigenvalue weighted by Crippen LogP contribution is -2.30. The van der Waals surface area contributed by atoms with E-state index in [1.54, 1.807) is 32.0 Å². The van der Waals surface area contributed by atoms with E-state index >= 15 is 0 Å². The molecule has 0 heterocycles. The molecule has 0 saturated heterocycles. The van der Waals surface area contributed by atoms with Gasteiger partial charge in [0.15, 0.2) is 0 Å². The van der Waals surface area contributed by atoms with E-state index in [1.165, 1.54) is 40.7 Å². The SMILES string of the molecule is CCN(CC)S(=O)(=O)c1cccc(NS(=O)(=O)c2ccccc2)c1. The minimum atomic E-state index is -3.77. The average Bonchev–Trinajstić information content (AvgIpc) is 2.56. The summed E-state index contributed by atoms with van der Waals surface area (Å²) < 4.78 is 53.5. The summed E-state index contributed by atoms with van der Waals surface area (Å²) in [5.74, 6) is 0. The number of anilines is 1. The van der Waals surface area contributed by atoms with E-state index in [4.69, 9.17) is 0 Å². The first-order valence-corrected chi connectivity index (χ1v) is 10.4. The summed E-state index contributed by atoms with van der Waals surface area (Å²) in [6, 6.07) is 13.7. The van der Waals surface area contributed by atoms with Crippen molar-refractivity contribution >= 4 is 25.7 Å². The first-order chi connectivity index (χ1) is 11.3. The maximum Gasteiger partial charge on any atom is 0.261 e. The molecule has 8 heteroatoms. The lowest BCUT2D eigenvalue weighted by Gasteiger charge is -2.19. The Morgan fingerprint density at radius 3 is 2.00 bits per heavy atom. The summed E-state index contributed by atoms with van der Waals surface area (Å²) in [7, 11) is -7.41. The van der Waals surface area contributed by atoms with E-state index in [0.717, 1.165) is 0 Å². The molecule has 2 aromatic carbocycles. The third-order valence-corrected chi connectivity index (χ3v) is 6.93. The van der Waals surface area contributed by atoms with E-state index in [0.29, 0.717) is 13.1 Å². The van der Waals surface area contributed by atoms with Crippen molar-refractivity contribution in [3.05, 3.63) is 54.6 Å². The van der Waals surface area contributed by atoms with Gasteiger partial charge in [0.1, 0.15) is 0 Å². The van der Waals surface area contributed by atoms with Crippen LogP contribution >= 0.6 is 0 Å². The number of benzene rings is 2. The fourth-order valence-electron chi connectivity index (χ4n) is 2.25. The van der Waals surface area contributed by atoms with Crippen LogP contribution in [0.2, 0.25) is 0 Å². The molecule has 2 aromatic rings. The third kappa shape index (κ3) is 3.95. The number of hydrogen-bond acceptors (Lipinski definition) is 4. The van der Waals surface area contributed by atoms with Crippen molar-refractivity contribution in [3.63, 3.8) is 0 Å². The van der Waals surface area contributed by atoms with Crippen molar-refractivity contribution in [2.75, 3.05) is 17.8 Å². The Labute approximate surface area is 143 Å². The van der Waals surface area contributed by atoms with E-state index in [9.17, 15) is 16.8 Å². The first kappa shape index (κ1) is 18.4. The van der Waals surface area contributed by atoms with Crippen LogP contribution in [0.4, 0.5) is 5.69 Å². The highest BCUT2D eigenvalue weighted by molar-refractivity contribution is 7.92. The zero-order valence-corrected chi connectivity index (χ0v) is 15.1. The largest absolute Gasteiger partial charge is 0.280 e. The van der Waals surface area contributed by atoms with Crippen LogP contribution in [0.25, 0.3) is 0 Å². The van der Waals surface area contributed by atoms with Gasteiger partial charge >= 0.3 is 0 Å². The van der Waals surface area contributed by atoms with Crippen molar-refractivity contribution in [2.45, 2.75) is 23.6 Å². The van der Waals surface area contributed by atoms with Crippen LogP contribution in [-0.2, 0) is 20.0 Å². The molecule has 2 rings (SSSR count). The molecule has 0 unspecified atom stereocenters. The van der Waals surface area contributed by atoms with Gasteiger partial charge in [0.05, 0.1) is 15.5 Å². The summed E-state index contributed by atoms with van der Waals surface area (Å²) in [5.41, 5.74) is 0.201. The van der Waals surface area contributed by atoms with Crippen LogP contribution < -0.4 is 4.72 Å². The molecule has 1 N–H and O–H groups in total. The Balaban J connectivity index is 2.35. The monoisotopic (exact) mass is 368 g/mol. The van der Waals surface area contributed by atoms with E-state index < -0.39 is 20.0 Å². The molecule has 0 atom stereocenters. The fraction of sp³-hybridized carbons (Fsp3) is 0.250. The second kappa shape index (κ2) is 7.33. The maximum atomic E-state index is 12.5. The van der Waals surface area contributed by atoms with Crippen molar-refractivity contribution in [1.82, 2.24) is 4.31 Å². The minimum Gasteiger partial charge on any atom is -0.280 e. The van der Waals surface area contributed by atoms with Gasteiger partial charge in [-0.05, 0) is 30.3 Å². The van der Waals surface area contributed by atoms with Crippen LogP contribution in [0, 0.1) is 0 Å². The number of sulfonamides is 2. The Morgan fingerprint density at radius 2 is 1.42 bits per heavy atom. The van der Waals surface area contributed by atoms with E-state index in [-0.39, 0.29) is 15.5 Å². The van der Waals surface area contributed by atoms with Crippen LogP contribution in [-0.4, -0.2) is 34.2 Å². The first-order valence-electron chi connectivity index (χ1n) is 7.49. The average molecular weight is 368 g/mol. The summed E-state index contributed by atoms with van der Waals surface area (Å²) in [6.45, 7) is 4.20. The van der Waals surface area contributed by atoms with Gasteiger partial charge in [-0.1, -0.05) is 38.1 Å². The summed E-state index contributed by atoms with van der Waals surface area (Å²) in [5, 5.41) is 0. The number of rotatable bonds is 7. The molecule has 0 radical (unpaired) electrons. The third-order valence-electron chi connectivity index (χ3n) is 3.48. The van der Waals surface area contributed by atoms with Gasteiger partial charge < -0.3 is 0 Å². The lowest BCUT2D eigenvalue weighted by molar-refractivity contribution is 0.445. The van der Waals surface area contributed by atoms with Crippen LogP contribution in [0.1, 0.15) is 13.8 Å². The van der Waals surface area contributed by atoms with Gasteiger partial charge in [-0.15, -0.1) is 0 Å². The minimum absolute atomic E-state index is 0.0551. The lowest BCUT2D eigenvalue weighted by atomic mass is 10.3. The van der Waals surface area contributed by atoms with E-state index in [1.807, 2.05) is 0 Å². The maximum absolute atomic E-state index is 12.5. The quantitative estimate of drug-likeness (QED) is 0.814. The molecule has 0 saturated carbocycles. The molecular weight excluding hydrogens is 348 g/mol. The standard InChI is InChI=1S/C16H20N2O4S2/c1-3-18(4-2)24(21,22)16-12-8-9-14(13-16)17-23(19,20)15-10-6-5-7-11-15/h5-13,17H,3-4H2,1-2H3. The smallest absolute Gasteiger partial charge is 0.261 e. The molecule has 6 nitrogen and oxygen atoms in total. The Morgan fingerprint density at radius 1 is 0.833 bits per heavy atom. The molecule has 0 fully saturated rings. The second-order valence-corrected chi connectivity index (χ2v) is 8.66. The second-order valence-electron chi connectivity index (χ2n) is 5.04. The Bertz CT molecular complexity index is 891. The van der Waals surface area contributed by atoms with Crippen molar-refractivity contribution < 1.29 is 16.8 Å². The van der Waals surface area contributed by atoms with Crippen molar-refractivity contribution in [3.8, 4) is 0 Å². The highest BCUT2D eigenvalue weighted by Crippen LogP contribution is 2.21. The van der Waals surface area contributed by atoms with Gasteiger partial charge in [-0.3, -0.25) is 4.72 Å². The zero-order valence-electron chi connectivity index (χ0n) is 13.5. The van der Waals surface area contributed by atoms with Gasteiger partial charge in [0, 0.05) is 13.1 Å². The summed E-state index contributed by atoms with van der Waals surface area (Å²) in [4.78, 5) is 0.168. The summed E-state index contributed by atoms with van der Waals surface area (Å²) >= 11 is 0. The highest BCUT2D eigenvalue weighted by atomic mass is 32.2. The Kier molecular flexibility index (Phi) is 5.63. The van der Waals surface area contributed by atoms with Gasteiger partial charge in [0.25, 0.3) is 10.0 Å². The molecular formula is C16H20N2O4S2. The van der Waals surface area contributed by atoms with Crippen LogP contribution in [0.5, 0.6) is 0 Å². The van der Waals surface area contributed by atoms with Crippen LogP contribution in [0.3, 0.4) is 0 Å². The zero-order chi connectivity index (χ0) is 17.8. The van der Waals surface area contributed by atoms with Gasteiger partial charge in [-0.2, -0.15) is 4.31 Å². The molecule has 0 aliphatic carbocycles. The summed E-state index contributed by atoms with van der Waals surface area (Å²) in [6.07, 6.45) is 0. The van der Waals surface area contributed by atoms with Crippen LogP contribution in [0.15, 0.2) is 64.4 Å². The highest BCUT2D eigenvalue weighted by Gasteiger charge is 2.22. The molecule has 0 aliphatic rings. The molecule has 130 valence electrons. The van der Waals surface area contributed by atoms with Crippen molar-refractivity contribution in [2.24, 2.45) is 0 Å². The van der Waals surface area contributed by atoms with Crippen molar-refractivity contribution in [1.29, 1.82) is 0 Å². The van der Waals surface area contributed by atoms with Gasteiger partial charge in [0.2, 0.25) is 10.0 Å². The predicted molar refractivity (Wildman–Crippen MR) is 93.8 cm³/mol. The predicted octanol–water partition coefficient (Wildman–Crippen LogP) is 2.52. The number of nitrogens with zero attached hydrogens (tertiary/aromatic N) is 1. The molecule has 24 heavy (non-hydrogen) atoms. The molecule has 0 aliphatic heterocycles. The number of nitrogens with one attached hydrogen (secondary N) is 1. The Hall–Kier alpha value is -1.90. The molecule has 0 aromatic heterocycles.